The molecule has 1 atom stereocenters. The van der Waals surface area contributed by atoms with Crippen LogP contribution in [0.4, 0.5) is 4.79 Å². The van der Waals surface area contributed by atoms with E-state index in [1.54, 1.807) is 4.90 Å². The van der Waals surface area contributed by atoms with Crippen LogP contribution in [0.5, 0.6) is 0 Å². The number of rotatable bonds is 9. The topological polar surface area (TPSA) is 76.9 Å². The average Bonchev–Trinajstić information content (AvgIpc) is 3.52. The maximum atomic E-state index is 13.2. The SMILES string of the molecule is CC(C)(C)OP(OC[n+]1cc(-c2ccc(Br)cc2)[nH]c1[C@@H]1CCCN1C(=O)OCc1ccccc1)OC(C)(C)C. The van der Waals surface area contributed by atoms with Crippen LogP contribution in [0, 0.1) is 0 Å². The van der Waals surface area contributed by atoms with Gasteiger partial charge in [0.05, 0.1) is 11.2 Å². The highest BCUT2D eigenvalue weighted by atomic mass is 79.9. The van der Waals surface area contributed by atoms with E-state index in [1.165, 1.54) is 0 Å². The molecule has 0 bridgehead atoms. The summed E-state index contributed by atoms with van der Waals surface area (Å²) in [6, 6.07) is 17.6. The molecule has 1 fully saturated rings. The standard InChI is InChI=1S/C30H39BrN3O5P/c1-29(2,3)38-40(39-30(4,5)6)37-21-33-19-25(23-14-16-24(31)17-15-23)32-27(33)26-13-10-18-34(26)28(35)36-20-22-11-8-7-9-12-22/h7-9,11-12,14-17,19,26H,10,13,18,20-21H2,1-6H3/p+1/t26-/m0/s1. The quantitative estimate of drug-likeness (QED) is 0.191. The van der Waals surface area contributed by atoms with Crippen LogP contribution in [0.1, 0.15) is 71.8 Å². The number of hydrogen-bond acceptors (Lipinski definition) is 5. The number of aromatic amines is 1. The number of imidazole rings is 1. The molecule has 3 aromatic rings. The van der Waals surface area contributed by atoms with Crippen molar-refractivity contribution in [2.45, 2.75) is 85.0 Å². The molecule has 40 heavy (non-hydrogen) atoms. The summed E-state index contributed by atoms with van der Waals surface area (Å²) in [6.45, 7) is 12.9. The van der Waals surface area contributed by atoms with Crippen molar-refractivity contribution in [3.63, 3.8) is 0 Å². The normalized spacial score (nSPS) is 16.1. The summed E-state index contributed by atoms with van der Waals surface area (Å²) in [4.78, 5) is 18.6. The Kier molecular flexibility index (Phi) is 10.1. The summed E-state index contributed by atoms with van der Waals surface area (Å²) in [6.07, 6.45) is 3.39. The average molecular weight is 634 g/mol. The summed E-state index contributed by atoms with van der Waals surface area (Å²) in [5, 5.41) is 0. The van der Waals surface area contributed by atoms with Crippen LogP contribution in [-0.2, 0) is 31.6 Å². The second-order valence-corrected chi connectivity index (χ2v) is 13.8. The van der Waals surface area contributed by atoms with Crippen LogP contribution >= 0.6 is 24.5 Å². The molecule has 1 N–H and O–H groups in total. The molecule has 1 aliphatic heterocycles. The number of benzene rings is 2. The van der Waals surface area contributed by atoms with Crippen molar-refractivity contribution < 1.29 is 27.7 Å². The predicted octanol–water partition coefficient (Wildman–Crippen LogP) is 8.04. The van der Waals surface area contributed by atoms with Gasteiger partial charge in [0.15, 0.2) is 12.4 Å². The number of H-pyrrole nitrogens is 1. The Morgan fingerprint density at radius 1 is 1.02 bits per heavy atom. The molecule has 0 spiro atoms. The van der Waals surface area contributed by atoms with Gasteiger partial charge in [0, 0.05) is 16.6 Å². The Bertz CT molecular complexity index is 1240. The number of amides is 1. The summed E-state index contributed by atoms with van der Waals surface area (Å²) in [5.41, 5.74) is 2.04. The van der Waals surface area contributed by atoms with Crippen molar-refractivity contribution in [1.82, 2.24) is 9.88 Å². The highest BCUT2D eigenvalue weighted by Crippen LogP contribution is 2.47. The van der Waals surface area contributed by atoms with Gasteiger partial charge in [0.2, 0.25) is 0 Å². The van der Waals surface area contributed by atoms with E-state index in [-0.39, 0.29) is 25.5 Å². The number of aromatic nitrogens is 2. The van der Waals surface area contributed by atoms with E-state index in [2.05, 4.69) is 20.9 Å². The van der Waals surface area contributed by atoms with Crippen LogP contribution in [-0.4, -0.2) is 33.7 Å². The maximum Gasteiger partial charge on any atom is 0.410 e. The fourth-order valence-electron chi connectivity index (χ4n) is 4.32. The first-order valence-corrected chi connectivity index (χ1v) is 15.4. The third kappa shape index (κ3) is 8.85. The molecule has 2 aromatic carbocycles. The zero-order chi connectivity index (χ0) is 28.9. The van der Waals surface area contributed by atoms with E-state index in [0.29, 0.717) is 6.54 Å². The van der Waals surface area contributed by atoms with Crippen LogP contribution < -0.4 is 4.57 Å². The number of nitrogens with one attached hydrogen (secondary N) is 1. The van der Waals surface area contributed by atoms with E-state index in [1.807, 2.05) is 107 Å². The summed E-state index contributed by atoms with van der Waals surface area (Å²) < 4.78 is 27.3. The molecule has 1 amide bonds. The van der Waals surface area contributed by atoms with Gasteiger partial charge >= 0.3 is 14.7 Å². The molecule has 1 saturated heterocycles. The van der Waals surface area contributed by atoms with Gasteiger partial charge in [-0.3, -0.25) is 9.42 Å². The molecule has 1 aliphatic rings. The Balaban J connectivity index is 1.59. The lowest BCUT2D eigenvalue weighted by Gasteiger charge is -2.30. The molecule has 1 aromatic heterocycles. The van der Waals surface area contributed by atoms with Crippen LogP contribution in [0.2, 0.25) is 0 Å². The monoisotopic (exact) mass is 632 g/mol. The lowest BCUT2D eigenvalue weighted by Crippen LogP contribution is -2.42. The lowest BCUT2D eigenvalue weighted by molar-refractivity contribution is -0.732. The molecule has 0 aliphatic carbocycles. The van der Waals surface area contributed by atoms with Crippen LogP contribution in [0.15, 0.2) is 65.3 Å². The highest BCUT2D eigenvalue weighted by Gasteiger charge is 2.39. The Hall–Kier alpha value is -2.29. The smallest absolute Gasteiger partial charge is 0.410 e. The van der Waals surface area contributed by atoms with E-state index in [0.717, 1.165) is 40.0 Å². The molecule has 0 radical (unpaired) electrons. The predicted molar refractivity (Wildman–Crippen MR) is 159 cm³/mol. The Labute approximate surface area is 247 Å². The van der Waals surface area contributed by atoms with E-state index < -0.39 is 19.8 Å². The molecule has 8 nitrogen and oxygen atoms in total. The first-order chi connectivity index (χ1) is 18.9. The van der Waals surface area contributed by atoms with E-state index in [9.17, 15) is 4.79 Å². The molecular weight excluding hydrogens is 593 g/mol. The van der Waals surface area contributed by atoms with Gasteiger partial charge in [-0.05, 0) is 84.2 Å². The van der Waals surface area contributed by atoms with Gasteiger partial charge in [-0.1, -0.05) is 46.3 Å². The van der Waals surface area contributed by atoms with E-state index >= 15 is 0 Å². The molecule has 0 saturated carbocycles. The first-order valence-electron chi connectivity index (χ1n) is 13.5. The number of halogens is 1. The second kappa shape index (κ2) is 13.1. The first kappa shape index (κ1) is 30.7. The molecule has 0 unspecified atom stereocenters. The molecule has 216 valence electrons. The van der Waals surface area contributed by atoms with Crippen LogP contribution in [0.3, 0.4) is 0 Å². The Morgan fingerprint density at radius 2 is 1.68 bits per heavy atom. The number of hydrogen-bond donors (Lipinski definition) is 1. The van der Waals surface area contributed by atoms with Gasteiger partial charge < -0.3 is 13.8 Å². The third-order valence-electron chi connectivity index (χ3n) is 6.02. The zero-order valence-corrected chi connectivity index (χ0v) is 26.6. The largest absolute Gasteiger partial charge is 0.445 e. The minimum absolute atomic E-state index is 0.186. The number of nitrogens with zero attached hydrogens (tertiary/aromatic N) is 2. The minimum atomic E-state index is -1.64. The Morgan fingerprint density at radius 3 is 2.30 bits per heavy atom. The summed E-state index contributed by atoms with van der Waals surface area (Å²) in [5.74, 6) is 0.869. The molecule has 4 rings (SSSR count). The van der Waals surface area contributed by atoms with Crippen molar-refractivity contribution >= 4 is 30.6 Å². The zero-order valence-electron chi connectivity index (χ0n) is 24.1. The minimum Gasteiger partial charge on any atom is -0.445 e. The fourth-order valence-corrected chi connectivity index (χ4v) is 5.84. The summed E-state index contributed by atoms with van der Waals surface area (Å²) in [7, 11) is -1.64. The van der Waals surface area contributed by atoms with Gasteiger partial charge in [-0.15, -0.1) is 0 Å². The van der Waals surface area contributed by atoms with E-state index in [4.69, 9.17) is 18.3 Å². The summed E-state index contributed by atoms with van der Waals surface area (Å²) >= 11 is 3.52. The molecular formula is C30H40BrN3O5P+. The van der Waals surface area contributed by atoms with Gasteiger partial charge in [0.1, 0.15) is 18.8 Å². The van der Waals surface area contributed by atoms with Crippen molar-refractivity contribution in [2.75, 3.05) is 6.54 Å². The van der Waals surface area contributed by atoms with Gasteiger partial charge in [-0.25, -0.2) is 14.3 Å². The number of carbonyl (C=O) groups excluding carboxylic acids is 1. The van der Waals surface area contributed by atoms with Crippen molar-refractivity contribution in [2.24, 2.45) is 0 Å². The second-order valence-electron chi connectivity index (χ2n) is 11.8. The number of likely N-dealkylation sites (tertiary alicyclic amines) is 1. The lowest BCUT2D eigenvalue weighted by atomic mass is 10.2. The van der Waals surface area contributed by atoms with Crippen LogP contribution in [0.25, 0.3) is 11.3 Å². The molecule has 2 heterocycles. The third-order valence-corrected chi connectivity index (χ3v) is 8.27. The number of carbonyl (C=O) groups is 1. The fraction of sp³-hybridized carbons (Fsp3) is 0.467. The van der Waals surface area contributed by atoms with Gasteiger partial charge in [-0.2, -0.15) is 0 Å². The van der Waals surface area contributed by atoms with Crippen molar-refractivity contribution in [1.29, 1.82) is 0 Å². The van der Waals surface area contributed by atoms with Crippen molar-refractivity contribution in [3.05, 3.63) is 76.7 Å². The highest BCUT2D eigenvalue weighted by molar-refractivity contribution is 9.10. The molecule has 10 heteroatoms. The van der Waals surface area contributed by atoms with Crippen molar-refractivity contribution in [3.8, 4) is 11.3 Å². The van der Waals surface area contributed by atoms with Gasteiger partial charge in [0.25, 0.3) is 5.82 Å². The number of ether oxygens (including phenoxy) is 1. The maximum absolute atomic E-state index is 13.2.